The van der Waals surface area contributed by atoms with Gasteiger partial charge in [-0.3, -0.25) is 0 Å². The molecule has 31 heavy (non-hydrogen) atoms. The van der Waals surface area contributed by atoms with Gasteiger partial charge in [0.15, 0.2) is 0 Å². The smallest absolute Gasteiger partial charge is 0.125 e. The van der Waals surface area contributed by atoms with Crippen molar-refractivity contribution in [1.82, 2.24) is 0 Å². The van der Waals surface area contributed by atoms with Crippen LogP contribution in [0.4, 0.5) is 0 Å². The van der Waals surface area contributed by atoms with Crippen LogP contribution in [0.1, 0.15) is 0 Å². The van der Waals surface area contributed by atoms with E-state index < -0.39 is 53.0 Å². The minimum absolute atomic E-state index is 0.222. The van der Waals surface area contributed by atoms with Gasteiger partial charge in [-0.15, -0.1) is 0 Å². The Bertz CT molecular complexity index is 1280. The van der Waals surface area contributed by atoms with E-state index in [-0.39, 0.29) is 15.9 Å². The van der Waals surface area contributed by atoms with Crippen molar-refractivity contribution < 1.29 is 38.9 Å². The van der Waals surface area contributed by atoms with E-state index in [1.807, 2.05) is 0 Å². The molecule has 3 rings (SSSR count). The minimum atomic E-state index is -5.08. The Morgan fingerprint density at radius 3 is 0.903 bits per heavy atom. The van der Waals surface area contributed by atoms with Crippen LogP contribution in [0.15, 0.2) is 87.5 Å². The van der Waals surface area contributed by atoms with E-state index in [1.165, 1.54) is 54.6 Å². The van der Waals surface area contributed by atoms with Gasteiger partial charge in [0.25, 0.3) is 0 Å². The number of rotatable bonds is 6. The van der Waals surface area contributed by atoms with E-state index in [1.54, 1.807) is 0 Å². The Kier molecular flexibility index (Phi) is 6.36. The fourth-order valence-corrected chi connectivity index (χ4v) is 8.85. The van der Waals surface area contributed by atoms with Crippen LogP contribution < -0.4 is 15.9 Å². The SMILES string of the molecule is O=S(=O)([O-])c1ccccc1P(c1ccccc1S(=O)(=O)[O-])c1ccccc1S(=O)(=O)[O-]. The van der Waals surface area contributed by atoms with Crippen molar-refractivity contribution in [2.75, 3.05) is 0 Å². The van der Waals surface area contributed by atoms with Crippen molar-refractivity contribution in [2.45, 2.75) is 14.7 Å². The molecule has 0 spiro atoms. The molecule has 0 aliphatic heterocycles. The second kappa shape index (κ2) is 8.40. The highest BCUT2D eigenvalue weighted by Gasteiger charge is 2.28. The highest BCUT2D eigenvalue weighted by atomic mass is 32.2. The molecule has 0 saturated heterocycles. The molecular formula is C18H12O9PS3-3. The summed E-state index contributed by atoms with van der Waals surface area (Å²) in [5, 5.41) is -0.667. The van der Waals surface area contributed by atoms with Gasteiger partial charge in [-0.2, -0.15) is 0 Å². The van der Waals surface area contributed by atoms with Gasteiger partial charge in [-0.05, 0) is 26.1 Å². The zero-order valence-electron chi connectivity index (χ0n) is 15.3. The predicted molar refractivity (Wildman–Crippen MR) is 109 cm³/mol. The molecular weight excluding hydrogens is 487 g/mol. The second-order valence-electron chi connectivity index (χ2n) is 6.10. The van der Waals surface area contributed by atoms with E-state index in [0.29, 0.717) is 0 Å². The van der Waals surface area contributed by atoms with Gasteiger partial charge in [0.2, 0.25) is 0 Å². The fraction of sp³-hybridized carbons (Fsp3) is 0. The first kappa shape index (κ1) is 23.5. The third kappa shape index (κ3) is 5.01. The molecule has 9 nitrogen and oxygen atoms in total. The monoisotopic (exact) mass is 499 g/mol. The topological polar surface area (TPSA) is 172 Å². The maximum Gasteiger partial charge on any atom is 0.125 e. The van der Waals surface area contributed by atoms with Crippen molar-refractivity contribution in [2.24, 2.45) is 0 Å². The van der Waals surface area contributed by atoms with E-state index >= 15 is 0 Å². The first-order valence-electron chi connectivity index (χ1n) is 8.27. The van der Waals surface area contributed by atoms with Crippen molar-refractivity contribution in [3.8, 4) is 0 Å². The fourth-order valence-electron chi connectivity index (χ4n) is 2.95. The third-order valence-electron chi connectivity index (χ3n) is 4.13. The summed E-state index contributed by atoms with van der Waals surface area (Å²) in [7, 11) is -17.7. The molecule has 0 atom stereocenters. The lowest BCUT2D eigenvalue weighted by atomic mass is 10.3. The first-order chi connectivity index (χ1) is 14.3. The zero-order chi connectivity index (χ0) is 23.0. The summed E-state index contributed by atoms with van der Waals surface area (Å²) < 4.78 is 107. The molecule has 3 aromatic carbocycles. The Balaban J connectivity index is 2.53. The van der Waals surface area contributed by atoms with Crippen LogP contribution in [0.2, 0.25) is 0 Å². The molecule has 3 aromatic rings. The van der Waals surface area contributed by atoms with Crippen LogP contribution >= 0.6 is 7.92 Å². The van der Waals surface area contributed by atoms with Crippen molar-refractivity contribution in [1.29, 1.82) is 0 Å². The number of hydrogen-bond acceptors (Lipinski definition) is 9. The Hall–Kier alpha value is -2.18. The third-order valence-corrected chi connectivity index (χ3v) is 9.88. The molecule has 13 heteroatoms. The largest absolute Gasteiger partial charge is 0.744 e. The molecule has 0 bridgehead atoms. The quantitative estimate of drug-likeness (QED) is 0.338. The average molecular weight is 499 g/mol. The van der Waals surface area contributed by atoms with Gasteiger partial charge in [-0.1, -0.05) is 54.6 Å². The van der Waals surface area contributed by atoms with Gasteiger partial charge >= 0.3 is 0 Å². The van der Waals surface area contributed by atoms with Gasteiger partial charge < -0.3 is 13.7 Å². The molecule has 0 aromatic heterocycles. The molecule has 0 radical (unpaired) electrons. The number of benzene rings is 3. The summed E-state index contributed by atoms with van der Waals surface area (Å²) in [6.45, 7) is 0. The van der Waals surface area contributed by atoms with Gasteiger partial charge in [0.05, 0.1) is 14.7 Å². The van der Waals surface area contributed by atoms with Crippen LogP contribution in [0.5, 0.6) is 0 Å². The standard InChI is InChI=1S/C18H15O9PS3/c19-29(20,21)16-10-4-1-7-13(16)28(14-8-2-5-11-17(14)30(22,23)24)15-9-3-6-12-18(15)31(25,26)27/h1-12H,(H,19,20,21)(H,22,23,24)(H,25,26,27)/p-3. The molecule has 0 heterocycles. The lowest BCUT2D eigenvalue weighted by molar-refractivity contribution is 0.461. The summed E-state index contributed by atoms with van der Waals surface area (Å²) >= 11 is 0. The molecule has 0 saturated carbocycles. The average Bonchev–Trinajstić information content (AvgIpc) is 2.67. The molecule has 164 valence electrons. The van der Waals surface area contributed by atoms with Gasteiger partial charge in [0, 0.05) is 15.9 Å². The summed E-state index contributed by atoms with van der Waals surface area (Å²) in [5.74, 6) is 0. The van der Waals surface area contributed by atoms with Crippen molar-refractivity contribution >= 4 is 54.2 Å². The van der Waals surface area contributed by atoms with Gasteiger partial charge in [0.1, 0.15) is 30.4 Å². The summed E-state index contributed by atoms with van der Waals surface area (Å²) in [6.07, 6.45) is 0. The van der Waals surface area contributed by atoms with E-state index in [4.69, 9.17) is 0 Å². The first-order valence-corrected chi connectivity index (χ1v) is 13.8. The second-order valence-corrected chi connectivity index (χ2v) is 12.3. The molecule has 0 unspecified atom stereocenters. The summed E-state index contributed by atoms with van der Waals surface area (Å²) in [4.78, 5) is -2.17. The molecule has 0 amide bonds. The lowest BCUT2D eigenvalue weighted by Gasteiger charge is -2.27. The van der Waals surface area contributed by atoms with Crippen LogP contribution in [0.3, 0.4) is 0 Å². The highest BCUT2D eigenvalue weighted by molar-refractivity contribution is 7.90. The van der Waals surface area contributed by atoms with Crippen LogP contribution in [-0.2, 0) is 30.4 Å². The maximum absolute atomic E-state index is 11.9. The zero-order valence-corrected chi connectivity index (χ0v) is 18.6. The summed E-state index contributed by atoms with van der Waals surface area (Å²) in [5.41, 5.74) is 0. The molecule has 0 aliphatic carbocycles. The molecule has 0 N–H and O–H groups in total. The number of hydrogen-bond donors (Lipinski definition) is 0. The van der Waals surface area contributed by atoms with Crippen LogP contribution in [-0.4, -0.2) is 38.9 Å². The van der Waals surface area contributed by atoms with E-state index in [9.17, 15) is 38.9 Å². The van der Waals surface area contributed by atoms with Crippen molar-refractivity contribution in [3.05, 3.63) is 72.8 Å². The Morgan fingerprint density at radius 2 is 0.677 bits per heavy atom. The molecule has 0 fully saturated rings. The van der Waals surface area contributed by atoms with Crippen LogP contribution in [0, 0.1) is 0 Å². The Labute approximate surface area is 180 Å². The van der Waals surface area contributed by atoms with Crippen molar-refractivity contribution in [3.63, 3.8) is 0 Å². The highest BCUT2D eigenvalue weighted by Crippen LogP contribution is 2.39. The van der Waals surface area contributed by atoms with Gasteiger partial charge in [-0.25, -0.2) is 25.3 Å². The predicted octanol–water partition coefficient (Wildman–Crippen LogP) is 0.157. The van der Waals surface area contributed by atoms with E-state index in [0.717, 1.165) is 18.2 Å². The normalized spacial score (nSPS) is 12.8. The Morgan fingerprint density at radius 1 is 0.452 bits per heavy atom. The van der Waals surface area contributed by atoms with Crippen LogP contribution in [0.25, 0.3) is 0 Å². The molecule has 0 aliphatic rings. The lowest BCUT2D eigenvalue weighted by Crippen LogP contribution is -2.30. The maximum atomic E-state index is 11.9. The minimum Gasteiger partial charge on any atom is -0.744 e. The summed E-state index contributed by atoms with van der Waals surface area (Å²) in [6, 6.07) is 14.4. The van der Waals surface area contributed by atoms with E-state index in [2.05, 4.69) is 0 Å².